The van der Waals surface area contributed by atoms with Crippen molar-refractivity contribution in [1.82, 2.24) is 4.90 Å². The van der Waals surface area contributed by atoms with Gasteiger partial charge in [-0.1, -0.05) is 60.6 Å². The van der Waals surface area contributed by atoms with Crippen molar-refractivity contribution >= 4 is 5.97 Å². The van der Waals surface area contributed by atoms with Gasteiger partial charge in [0.15, 0.2) is 0 Å². The molecular weight excluding hydrogens is 314 g/mol. The highest BCUT2D eigenvalue weighted by Gasteiger charge is 2.45. The van der Waals surface area contributed by atoms with Crippen molar-refractivity contribution in [2.45, 2.75) is 24.5 Å². The van der Waals surface area contributed by atoms with Crippen LogP contribution in [0.25, 0.3) is 0 Å². The monoisotopic (exact) mass is 339 g/mol. The zero-order valence-electron chi connectivity index (χ0n) is 16.0. The standard InChI is InChI=1S/C21H23NO3/c23-20(25-19-15-22-13-11-16(19)12-14-22)21(24,17-7-3-1-4-8-17)18-9-5-2-6-10-18/h1-10,16,19,24H,11-15H2/i1D,2D. The Morgan fingerprint density at radius 2 is 1.60 bits per heavy atom. The average Bonchev–Trinajstić information content (AvgIpc) is 2.69. The van der Waals surface area contributed by atoms with Crippen LogP contribution in [0.4, 0.5) is 0 Å². The van der Waals surface area contributed by atoms with E-state index in [0.29, 0.717) is 35.7 Å². The lowest BCUT2D eigenvalue weighted by Gasteiger charge is -2.44. The average molecular weight is 339 g/mol. The van der Waals surface area contributed by atoms with Crippen LogP contribution in [0.3, 0.4) is 0 Å². The summed E-state index contributed by atoms with van der Waals surface area (Å²) in [5.41, 5.74) is -1.24. The van der Waals surface area contributed by atoms with Crippen LogP contribution < -0.4 is 0 Å². The molecule has 25 heavy (non-hydrogen) atoms. The van der Waals surface area contributed by atoms with E-state index in [0.717, 1.165) is 25.9 Å². The van der Waals surface area contributed by atoms with Crippen LogP contribution in [0, 0.1) is 5.92 Å². The molecule has 0 amide bonds. The maximum absolute atomic E-state index is 13.2. The topological polar surface area (TPSA) is 49.8 Å². The van der Waals surface area contributed by atoms with Gasteiger partial charge in [-0.05, 0) is 43.0 Å². The van der Waals surface area contributed by atoms with Gasteiger partial charge in [-0.25, -0.2) is 4.79 Å². The number of benzene rings is 2. The number of rotatable bonds is 4. The van der Waals surface area contributed by atoms with Crippen LogP contribution >= 0.6 is 0 Å². The van der Waals surface area contributed by atoms with Crippen LogP contribution in [-0.2, 0) is 15.1 Å². The molecule has 5 rings (SSSR count). The molecule has 3 heterocycles. The third-order valence-corrected chi connectivity index (χ3v) is 5.42. The lowest BCUT2D eigenvalue weighted by Crippen LogP contribution is -2.53. The molecule has 2 aromatic carbocycles. The fraction of sp³-hybridized carbons (Fsp3) is 0.381. The number of piperidine rings is 3. The Labute approximate surface area is 150 Å². The third kappa shape index (κ3) is 2.96. The summed E-state index contributed by atoms with van der Waals surface area (Å²) in [7, 11) is 0. The lowest BCUT2D eigenvalue weighted by molar-refractivity contribution is -0.177. The molecule has 0 radical (unpaired) electrons. The molecule has 3 aliphatic heterocycles. The number of carbonyl (C=O) groups is 1. The van der Waals surface area contributed by atoms with Crippen LogP contribution in [0.2, 0.25) is 0 Å². The molecule has 0 saturated carbocycles. The minimum Gasteiger partial charge on any atom is -0.458 e. The van der Waals surface area contributed by atoms with Gasteiger partial charge in [0.05, 0.1) is 2.74 Å². The van der Waals surface area contributed by atoms with E-state index in [-0.39, 0.29) is 6.10 Å². The van der Waals surface area contributed by atoms with Crippen molar-refractivity contribution in [2.24, 2.45) is 5.92 Å². The van der Waals surface area contributed by atoms with Crippen LogP contribution in [-0.4, -0.2) is 41.7 Å². The fourth-order valence-corrected chi connectivity index (χ4v) is 3.93. The molecule has 0 spiro atoms. The van der Waals surface area contributed by atoms with Gasteiger partial charge in [0.1, 0.15) is 6.10 Å². The molecule has 1 N–H and O–H groups in total. The molecule has 2 aromatic rings. The second-order valence-corrected chi connectivity index (χ2v) is 6.87. The first-order valence-electron chi connectivity index (χ1n) is 9.77. The molecule has 4 nitrogen and oxygen atoms in total. The lowest BCUT2D eigenvalue weighted by atomic mass is 9.84. The zero-order chi connectivity index (χ0) is 19.0. The van der Waals surface area contributed by atoms with Gasteiger partial charge in [0.2, 0.25) is 5.60 Å². The number of fused-ring (bicyclic) bond motifs is 3. The second-order valence-electron chi connectivity index (χ2n) is 6.87. The van der Waals surface area contributed by atoms with Gasteiger partial charge >= 0.3 is 5.97 Å². The van der Waals surface area contributed by atoms with Gasteiger partial charge in [-0.2, -0.15) is 0 Å². The first kappa shape index (κ1) is 14.0. The summed E-state index contributed by atoms with van der Waals surface area (Å²) >= 11 is 0. The van der Waals surface area contributed by atoms with E-state index in [2.05, 4.69) is 4.90 Å². The summed E-state index contributed by atoms with van der Waals surface area (Å²) in [6.07, 6.45) is 1.81. The molecule has 1 atom stereocenters. The number of hydrogen-bond donors (Lipinski definition) is 1. The Kier molecular flexibility index (Phi) is 3.72. The predicted octanol–water partition coefficient (Wildman–Crippen LogP) is 2.56. The number of esters is 1. The molecule has 2 bridgehead atoms. The normalized spacial score (nSPS) is 26.7. The number of carbonyl (C=O) groups excluding carboxylic acids is 1. The summed E-state index contributed by atoms with van der Waals surface area (Å²) in [5, 5.41) is 11.5. The maximum Gasteiger partial charge on any atom is 0.348 e. The van der Waals surface area contributed by atoms with Crippen LogP contribution in [0.15, 0.2) is 60.6 Å². The Balaban J connectivity index is 1.67. The molecule has 0 aliphatic carbocycles. The van der Waals surface area contributed by atoms with Gasteiger partial charge in [0, 0.05) is 6.54 Å². The predicted molar refractivity (Wildman–Crippen MR) is 94.9 cm³/mol. The maximum atomic E-state index is 13.2. The Morgan fingerprint density at radius 3 is 2.04 bits per heavy atom. The van der Waals surface area contributed by atoms with E-state index in [1.54, 1.807) is 48.5 Å². The van der Waals surface area contributed by atoms with Crippen molar-refractivity contribution in [1.29, 1.82) is 0 Å². The van der Waals surface area contributed by atoms with E-state index in [9.17, 15) is 9.90 Å². The highest BCUT2D eigenvalue weighted by Crippen LogP contribution is 2.35. The summed E-state index contributed by atoms with van der Waals surface area (Å²) in [6, 6.07) is 13.1. The van der Waals surface area contributed by atoms with Gasteiger partial charge < -0.3 is 9.84 Å². The van der Waals surface area contributed by atoms with Crippen LogP contribution in [0.5, 0.6) is 0 Å². The molecular formula is C21H23NO3. The first-order chi connectivity index (χ1) is 13.0. The summed E-state index contributed by atoms with van der Waals surface area (Å²) in [4.78, 5) is 15.5. The molecule has 4 heteroatoms. The van der Waals surface area contributed by atoms with Gasteiger partial charge in [-0.15, -0.1) is 0 Å². The van der Waals surface area contributed by atoms with Crippen molar-refractivity contribution in [3.63, 3.8) is 0 Å². The zero-order valence-corrected chi connectivity index (χ0v) is 14.0. The smallest absolute Gasteiger partial charge is 0.348 e. The second kappa shape index (κ2) is 6.62. The van der Waals surface area contributed by atoms with E-state index in [1.165, 1.54) is 0 Å². The number of hydrogen-bond acceptors (Lipinski definition) is 4. The highest BCUT2D eigenvalue weighted by atomic mass is 16.6. The van der Waals surface area contributed by atoms with Crippen molar-refractivity contribution in [3.05, 3.63) is 71.7 Å². The molecule has 130 valence electrons. The molecule has 0 aromatic heterocycles. The molecule has 3 saturated heterocycles. The van der Waals surface area contributed by atoms with E-state index in [4.69, 9.17) is 7.48 Å². The SMILES string of the molecule is [2H]c1ccc(C(O)(C(=O)OC2CN3CCC2CC3)c2ccc([2H])cc2)cc1. The summed E-state index contributed by atoms with van der Waals surface area (Å²) in [6.45, 7) is 2.79. The highest BCUT2D eigenvalue weighted by molar-refractivity contribution is 5.85. The van der Waals surface area contributed by atoms with E-state index in [1.807, 2.05) is 0 Å². The third-order valence-electron chi connectivity index (χ3n) is 5.42. The first-order valence-corrected chi connectivity index (χ1v) is 8.77. The van der Waals surface area contributed by atoms with Crippen molar-refractivity contribution in [3.8, 4) is 0 Å². The van der Waals surface area contributed by atoms with Gasteiger partial charge in [0.25, 0.3) is 0 Å². The molecule has 3 aliphatic rings. The molecule has 3 fully saturated rings. The minimum absolute atomic E-state index is 0.211. The quantitative estimate of drug-likeness (QED) is 0.870. The van der Waals surface area contributed by atoms with E-state index < -0.39 is 11.6 Å². The number of aliphatic hydroxyl groups is 1. The number of ether oxygens (including phenoxy) is 1. The Hall–Kier alpha value is -2.17. The van der Waals surface area contributed by atoms with Crippen LogP contribution in [0.1, 0.15) is 26.7 Å². The fourth-order valence-electron chi connectivity index (χ4n) is 3.93. The largest absolute Gasteiger partial charge is 0.458 e. The minimum atomic E-state index is -1.96. The van der Waals surface area contributed by atoms with Gasteiger partial charge in [-0.3, -0.25) is 4.90 Å². The number of nitrogens with zero attached hydrogens (tertiary/aromatic N) is 1. The summed E-state index contributed by atoms with van der Waals surface area (Å²) in [5.74, 6) is -0.355. The van der Waals surface area contributed by atoms with Crippen molar-refractivity contribution in [2.75, 3.05) is 19.6 Å². The Bertz CT molecular complexity index is 769. The molecule has 1 unspecified atom stereocenters. The van der Waals surface area contributed by atoms with Crippen molar-refractivity contribution < 1.29 is 17.4 Å². The van der Waals surface area contributed by atoms with E-state index >= 15 is 0 Å². The Morgan fingerprint density at radius 1 is 1.08 bits per heavy atom. The summed E-state index contributed by atoms with van der Waals surface area (Å²) < 4.78 is 21.2.